The number of nitrogens with zero attached hydrogens (tertiary/aromatic N) is 2. The van der Waals surface area contributed by atoms with Crippen LogP contribution in [-0.2, 0) is 13.1 Å². The Morgan fingerprint density at radius 1 is 1.38 bits per heavy atom. The van der Waals surface area contributed by atoms with Crippen molar-refractivity contribution in [3.05, 3.63) is 26.7 Å². The highest BCUT2D eigenvalue weighted by molar-refractivity contribution is 5.69. The average molecular weight is 223 g/mol. The van der Waals surface area contributed by atoms with Crippen molar-refractivity contribution in [1.82, 2.24) is 24.8 Å². The number of imidazole rings is 1. The molecular formula is C9H13N5O2. The third kappa shape index (κ3) is 1.54. The Labute approximate surface area is 90.5 Å². The molecule has 0 bridgehead atoms. The van der Waals surface area contributed by atoms with Crippen molar-refractivity contribution in [1.29, 1.82) is 0 Å². The van der Waals surface area contributed by atoms with Crippen molar-refractivity contribution in [2.75, 3.05) is 7.05 Å². The number of rotatable bonds is 3. The Morgan fingerprint density at radius 2 is 2.12 bits per heavy atom. The van der Waals surface area contributed by atoms with Crippen LogP contribution in [0.2, 0.25) is 0 Å². The van der Waals surface area contributed by atoms with E-state index < -0.39 is 11.2 Å². The molecule has 7 heteroatoms. The number of aromatic amines is 2. The van der Waals surface area contributed by atoms with Crippen LogP contribution in [0.15, 0.2) is 9.59 Å². The van der Waals surface area contributed by atoms with Crippen LogP contribution in [0.1, 0.15) is 12.7 Å². The van der Waals surface area contributed by atoms with Crippen molar-refractivity contribution in [3.8, 4) is 0 Å². The summed E-state index contributed by atoms with van der Waals surface area (Å²) in [4.78, 5) is 32.4. The van der Waals surface area contributed by atoms with Gasteiger partial charge in [0.1, 0.15) is 11.3 Å². The van der Waals surface area contributed by atoms with Gasteiger partial charge in [0.25, 0.3) is 5.56 Å². The first kappa shape index (κ1) is 10.6. The highest BCUT2D eigenvalue weighted by Crippen LogP contribution is 2.04. The Bertz CT molecular complexity index is 621. The zero-order valence-corrected chi connectivity index (χ0v) is 9.13. The zero-order chi connectivity index (χ0) is 11.7. The van der Waals surface area contributed by atoms with E-state index >= 15 is 0 Å². The van der Waals surface area contributed by atoms with Gasteiger partial charge in [0.05, 0.1) is 6.54 Å². The second-order valence-corrected chi connectivity index (χ2v) is 3.42. The first-order valence-electron chi connectivity index (χ1n) is 5.03. The summed E-state index contributed by atoms with van der Waals surface area (Å²) in [6.07, 6.45) is 0. The van der Waals surface area contributed by atoms with E-state index in [1.165, 1.54) is 4.57 Å². The van der Waals surface area contributed by atoms with Crippen LogP contribution in [-0.4, -0.2) is 26.6 Å². The quantitative estimate of drug-likeness (QED) is 0.631. The van der Waals surface area contributed by atoms with Gasteiger partial charge in [0, 0.05) is 6.54 Å². The maximum atomic E-state index is 11.5. The van der Waals surface area contributed by atoms with Crippen molar-refractivity contribution < 1.29 is 0 Å². The van der Waals surface area contributed by atoms with Gasteiger partial charge in [0.15, 0.2) is 5.65 Å². The van der Waals surface area contributed by atoms with Crippen LogP contribution in [0.3, 0.4) is 0 Å². The molecule has 0 amide bonds. The van der Waals surface area contributed by atoms with Gasteiger partial charge in [-0.15, -0.1) is 0 Å². The molecule has 7 nitrogen and oxygen atoms in total. The van der Waals surface area contributed by atoms with Gasteiger partial charge in [-0.2, -0.15) is 0 Å². The Hall–Kier alpha value is -1.89. The molecule has 0 saturated carbocycles. The molecule has 0 atom stereocenters. The van der Waals surface area contributed by atoms with E-state index in [-0.39, 0.29) is 0 Å². The van der Waals surface area contributed by atoms with E-state index in [2.05, 4.69) is 20.3 Å². The lowest BCUT2D eigenvalue weighted by Gasteiger charge is -1.99. The number of hydrogen-bond acceptors (Lipinski definition) is 4. The molecule has 0 saturated heterocycles. The highest BCUT2D eigenvalue weighted by atomic mass is 16.2. The summed E-state index contributed by atoms with van der Waals surface area (Å²) in [5.74, 6) is 0.635. The standard InChI is InChI=1S/C9H13N5O2/c1-3-14-7-6(8(15)13-9(14)16)11-5(12-7)4-10-2/h10H,3-4H2,1-2H3,(H,11,12)(H,13,15,16). The van der Waals surface area contributed by atoms with Crippen molar-refractivity contribution in [2.24, 2.45) is 0 Å². The fraction of sp³-hybridized carbons (Fsp3) is 0.444. The number of H-pyrrole nitrogens is 2. The molecule has 2 rings (SSSR count). The smallest absolute Gasteiger partial charge is 0.330 e. The number of aromatic nitrogens is 4. The molecule has 2 aromatic heterocycles. The monoisotopic (exact) mass is 223 g/mol. The minimum atomic E-state index is -0.431. The Kier molecular flexibility index (Phi) is 2.61. The summed E-state index contributed by atoms with van der Waals surface area (Å²) in [5.41, 5.74) is -0.115. The van der Waals surface area contributed by atoms with Crippen LogP contribution < -0.4 is 16.6 Å². The van der Waals surface area contributed by atoms with Gasteiger partial charge < -0.3 is 10.3 Å². The predicted molar refractivity (Wildman–Crippen MR) is 59.4 cm³/mol. The summed E-state index contributed by atoms with van der Waals surface area (Å²) in [7, 11) is 1.78. The maximum Gasteiger partial charge on any atom is 0.330 e. The van der Waals surface area contributed by atoms with Gasteiger partial charge in [-0.05, 0) is 14.0 Å². The van der Waals surface area contributed by atoms with Crippen LogP contribution in [0, 0.1) is 0 Å². The number of aryl methyl sites for hydroxylation is 1. The van der Waals surface area contributed by atoms with E-state index in [1.807, 2.05) is 6.92 Å². The van der Waals surface area contributed by atoms with Crippen molar-refractivity contribution in [3.63, 3.8) is 0 Å². The average Bonchev–Trinajstić information content (AvgIpc) is 2.63. The fourth-order valence-corrected chi connectivity index (χ4v) is 1.63. The summed E-state index contributed by atoms with van der Waals surface area (Å²) >= 11 is 0. The summed E-state index contributed by atoms with van der Waals surface area (Å²) in [5, 5.41) is 2.92. The molecule has 3 N–H and O–H groups in total. The van der Waals surface area contributed by atoms with E-state index in [0.717, 1.165) is 0 Å². The van der Waals surface area contributed by atoms with E-state index in [4.69, 9.17) is 0 Å². The van der Waals surface area contributed by atoms with Crippen molar-refractivity contribution >= 4 is 11.2 Å². The van der Waals surface area contributed by atoms with Crippen molar-refractivity contribution in [2.45, 2.75) is 20.0 Å². The minimum absolute atomic E-state index is 0.340. The van der Waals surface area contributed by atoms with Gasteiger partial charge >= 0.3 is 5.69 Å². The fourth-order valence-electron chi connectivity index (χ4n) is 1.63. The zero-order valence-electron chi connectivity index (χ0n) is 9.13. The molecule has 0 spiro atoms. The second kappa shape index (κ2) is 3.93. The minimum Gasteiger partial charge on any atom is -0.335 e. The van der Waals surface area contributed by atoms with Gasteiger partial charge in [-0.1, -0.05) is 0 Å². The lowest BCUT2D eigenvalue weighted by atomic mass is 10.5. The third-order valence-corrected chi connectivity index (χ3v) is 2.34. The maximum absolute atomic E-state index is 11.5. The van der Waals surface area contributed by atoms with Crippen LogP contribution in [0.25, 0.3) is 11.2 Å². The molecular weight excluding hydrogens is 210 g/mol. The molecule has 2 heterocycles. The lowest BCUT2D eigenvalue weighted by Crippen LogP contribution is -2.29. The molecule has 0 aliphatic heterocycles. The highest BCUT2D eigenvalue weighted by Gasteiger charge is 2.10. The lowest BCUT2D eigenvalue weighted by molar-refractivity contribution is 0.716. The molecule has 0 radical (unpaired) electrons. The third-order valence-electron chi connectivity index (χ3n) is 2.34. The van der Waals surface area contributed by atoms with Gasteiger partial charge in [-0.25, -0.2) is 9.78 Å². The summed E-state index contributed by atoms with van der Waals surface area (Å²) < 4.78 is 1.42. The summed E-state index contributed by atoms with van der Waals surface area (Å²) in [6, 6.07) is 0. The molecule has 0 unspecified atom stereocenters. The topological polar surface area (TPSA) is 95.6 Å². The molecule has 0 aliphatic carbocycles. The van der Waals surface area contributed by atoms with E-state index in [0.29, 0.717) is 30.1 Å². The Morgan fingerprint density at radius 3 is 2.75 bits per heavy atom. The van der Waals surface area contributed by atoms with Crippen LogP contribution >= 0.6 is 0 Å². The molecule has 0 fully saturated rings. The van der Waals surface area contributed by atoms with E-state index in [1.54, 1.807) is 7.05 Å². The largest absolute Gasteiger partial charge is 0.335 e. The van der Waals surface area contributed by atoms with E-state index in [9.17, 15) is 9.59 Å². The molecule has 86 valence electrons. The molecule has 0 aromatic carbocycles. The first-order valence-corrected chi connectivity index (χ1v) is 5.03. The number of nitrogens with one attached hydrogen (secondary N) is 3. The Balaban J connectivity index is 2.79. The SMILES string of the molecule is CCn1c(=O)[nH]c(=O)c2[nH]c(CNC)nc21. The molecule has 0 aliphatic rings. The molecule has 16 heavy (non-hydrogen) atoms. The number of fused-ring (bicyclic) bond motifs is 1. The first-order chi connectivity index (χ1) is 7.67. The van der Waals surface area contributed by atoms with Crippen LogP contribution in [0.4, 0.5) is 0 Å². The van der Waals surface area contributed by atoms with Gasteiger partial charge in [-0.3, -0.25) is 14.3 Å². The van der Waals surface area contributed by atoms with Gasteiger partial charge in [0.2, 0.25) is 0 Å². The summed E-state index contributed by atoms with van der Waals surface area (Å²) in [6.45, 7) is 2.81. The second-order valence-electron chi connectivity index (χ2n) is 3.42. The predicted octanol–water partition coefficient (Wildman–Crippen LogP) is -0.848. The van der Waals surface area contributed by atoms with Crippen LogP contribution in [0.5, 0.6) is 0 Å². The normalized spacial score (nSPS) is 11.1. The number of hydrogen-bond donors (Lipinski definition) is 3. The molecule has 2 aromatic rings.